The summed E-state index contributed by atoms with van der Waals surface area (Å²) in [5.41, 5.74) is 0.644. The van der Waals surface area contributed by atoms with E-state index in [1.807, 2.05) is 6.92 Å². The first-order chi connectivity index (χ1) is 13.4. The zero-order valence-electron chi connectivity index (χ0n) is 15.9. The smallest absolute Gasteiger partial charge is 0.329 e. The summed E-state index contributed by atoms with van der Waals surface area (Å²) in [4.78, 5) is 37.9. The summed E-state index contributed by atoms with van der Waals surface area (Å²) in [5, 5.41) is -0.518. The molecule has 0 N–H and O–H groups in total. The van der Waals surface area contributed by atoms with Gasteiger partial charge in [-0.2, -0.15) is 0 Å². The number of hydrogen-bond donors (Lipinski definition) is 0. The Bertz CT molecular complexity index is 842. The summed E-state index contributed by atoms with van der Waals surface area (Å²) in [5.74, 6) is 2.18. The van der Waals surface area contributed by atoms with Crippen LogP contribution in [-0.2, 0) is 14.3 Å². The standard InChI is InChI=1S/C20H21NO6S/c1-5-10-27-15-9-8-14(11-16(15)25-6-2)12-17-18(22)21(20(24)28-17)13(4)19(23)26-7-3/h1,8-9,11-13H,6-7,10H2,2-4H3/b17-12+. The van der Waals surface area contributed by atoms with Crippen LogP contribution < -0.4 is 9.47 Å². The third-order valence-corrected chi connectivity index (χ3v) is 4.60. The summed E-state index contributed by atoms with van der Waals surface area (Å²) in [6.45, 7) is 5.64. The fourth-order valence-corrected chi connectivity index (χ4v) is 3.36. The highest BCUT2D eigenvalue weighted by Gasteiger charge is 2.41. The van der Waals surface area contributed by atoms with Crippen LogP contribution in [0, 0.1) is 12.3 Å². The molecule has 1 aliphatic rings. The van der Waals surface area contributed by atoms with Crippen LogP contribution in [0.25, 0.3) is 6.08 Å². The third-order valence-electron chi connectivity index (χ3n) is 3.71. The maximum atomic E-state index is 12.6. The monoisotopic (exact) mass is 403 g/mol. The van der Waals surface area contributed by atoms with Gasteiger partial charge in [0.1, 0.15) is 12.6 Å². The van der Waals surface area contributed by atoms with Crippen LogP contribution in [0.1, 0.15) is 26.3 Å². The van der Waals surface area contributed by atoms with Crippen molar-refractivity contribution in [2.45, 2.75) is 26.8 Å². The van der Waals surface area contributed by atoms with E-state index in [9.17, 15) is 14.4 Å². The SMILES string of the molecule is C#CCOc1ccc(/C=C2/SC(=O)N(C(C)C(=O)OCC)C2=O)cc1OCC. The van der Waals surface area contributed by atoms with E-state index in [2.05, 4.69) is 5.92 Å². The predicted molar refractivity (Wildman–Crippen MR) is 106 cm³/mol. The molecule has 2 rings (SSSR count). The molecule has 1 aromatic carbocycles. The number of hydrogen-bond acceptors (Lipinski definition) is 7. The molecule has 1 fully saturated rings. The van der Waals surface area contributed by atoms with Crippen LogP contribution in [0.2, 0.25) is 0 Å². The molecule has 0 saturated carbocycles. The molecule has 8 heteroatoms. The molecule has 1 heterocycles. The Morgan fingerprint density at radius 3 is 2.64 bits per heavy atom. The highest BCUT2D eigenvalue weighted by molar-refractivity contribution is 8.18. The number of terminal acetylenes is 1. The van der Waals surface area contributed by atoms with Crippen molar-refractivity contribution in [3.8, 4) is 23.8 Å². The minimum atomic E-state index is -0.989. The number of thioether (sulfide) groups is 1. The topological polar surface area (TPSA) is 82.1 Å². The van der Waals surface area contributed by atoms with E-state index in [1.54, 1.807) is 31.2 Å². The van der Waals surface area contributed by atoms with Gasteiger partial charge in [0.15, 0.2) is 11.5 Å². The van der Waals surface area contributed by atoms with E-state index in [1.165, 1.54) is 6.92 Å². The summed E-state index contributed by atoms with van der Waals surface area (Å²) in [6.07, 6.45) is 6.78. The molecule has 0 radical (unpaired) electrons. The summed E-state index contributed by atoms with van der Waals surface area (Å²) in [6, 6.07) is 4.10. The lowest BCUT2D eigenvalue weighted by Gasteiger charge is -2.19. The number of amides is 2. The maximum Gasteiger partial charge on any atom is 0.329 e. The lowest BCUT2D eigenvalue weighted by atomic mass is 10.1. The number of carbonyl (C=O) groups is 3. The Kier molecular flexibility index (Phi) is 7.52. The van der Waals surface area contributed by atoms with Crippen LogP contribution >= 0.6 is 11.8 Å². The molecular formula is C20H21NO6S. The molecule has 28 heavy (non-hydrogen) atoms. The largest absolute Gasteiger partial charge is 0.490 e. The van der Waals surface area contributed by atoms with Gasteiger partial charge in [-0.3, -0.25) is 14.5 Å². The van der Waals surface area contributed by atoms with E-state index >= 15 is 0 Å². The average Bonchev–Trinajstić information content (AvgIpc) is 2.94. The molecule has 148 valence electrons. The number of benzene rings is 1. The van der Waals surface area contributed by atoms with Crippen molar-refractivity contribution in [2.24, 2.45) is 0 Å². The fourth-order valence-electron chi connectivity index (χ4n) is 2.45. The minimum Gasteiger partial charge on any atom is -0.490 e. The Morgan fingerprint density at radius 2 is 2.00 bits per heavy atom. The first kappa shape index (κ1) is 21.4. The molecule has 2 amide bonds. The van der Waals surface area contributed by atoms with Crippen LogP contribution in [0.15, 0.2) is 23.1 Å². The number of esters is 1. The second-order valence-corrected chi connectivity index (χ2v) is 6.60. The van der Waals surface area contributed by atoms with E-state index in [-0.39, 0.29) is 18.1 Å². The molecule has 1 aromatic rings. The van der Waals surface area contributed by atoms with Gasteiger partial charge in [-0.05, 0) is 56.3 Å². The molecule has 0 spiro atoms. The molecule has 7 nitrogen and oxygen atoms in total. The number of imide groups is 1. The quantitative estimate of drug-likeness (QED) is 0.375. The number of carbonyl (C=O) groups excluding carboxylic acids is 3. The Hall–Kier alpha value is -2.92. The lowest BCUT2D eigenvalue weighted by molar-refractivity contribution is -0.150. The van der Waals surface area contributed by atoms with E-state index in [0.29, 0.717) is 23.7 Å². The van der Waals surface area contributed by atoms with Gasteiger partial charge in [-0.25, -0.2) is 4.79 Å². The lowest BCUT2D eigenvalue weighted by Crippen LogP contribution is -2.42. The number of rotatable bonds is 8. The first-order valence-electron chi connectivity index (χ1n) is 8.69. The van der Waals surface area contributed by atoms with Crippen molar-refractivity contribution in [3.05, 3.63) is 28.7 Å². The van der Waals surface area contributed by atoms with Crippen molar-refractivity contribution in [3.63, 3.8) is 0 Å². The molecule has 1 aliphatic heterocycles. The molecule has 0 bridgehead atoms. The van der Waals surface area contributed by atoms with Crippen molar-refractivity contribution >= 4 is 35.0 Å². The van der Waals surface area contributed by atoms with Crippen molar-refractivity contribution in [1.82, 2.24) is 4.90 Å². The zero-order valence-corrected chi connectivity index (χ0v) is 16.7. The summed E-state index contributed by atoms with van der Waals surface area (Å²) < 4.78 is 15.9. The fraction of sp³-hybridized carbons (Fsp3) is 0.350. The van der Waals surface area contributed by atoms with Crippen molar-refractivity contribution < 1.29 is 28.6 Å². The van der Waals surface area contributed by atoms with E-state index in [0.717, 1.165) is 16.7 Å². The van der Waals surface area contributed by atoms with E-state index < -0.39 is 23.2 Å². The molecule has 0 aromatic heterocycles. The van der Waals surface area contributed by atoms with Gasteiger partial charge in [0.2, 0.25) is 0 Å². The molecule has 1 unspecified atom stereocenters. The van der Waals surface area contributed by atoms with Gasteiger partial charge in [-0.1, -0.05) is 12.0 Å². The summed E-state index contributed by atoms with van der Waals surface area (Å²) >= 11 is 0.770. The van der Waals surface area contributed by atoms with Crippen LogP contribution in [0.3, 0.4) is 0 Å². The Balaban J connectivity index is 2.26. The molecule has 1 atom stereocenters. The first-order valence-corrected chi connectivity index (χ1v) is 9.51. The number of nitrogens with zero attached hydrogens (tertiary/aromatic N) is 1. The maximum absolute atomic E-state index is 12.6. The Labute approximate surface area is 168 Å². The van der Waals surface area contributed by atoms with Gasteiger partial charge in [0.05, 0.1) is 18.1 Å². The third kappa shape index (κ3) is 4.87. The van der Waals surface area contributed by atoms with Crippen molar-refractivity contribution in [2.75, 3.05) is 19.8 Å². The summed E-state index contributed by atoms with van der Waals surface area (Å²) in [7, 11) is 0. The predicted octanol–water partition coefficient (Wildman–Crippen LogP) is 3.09. The van der Waals surface area contributed by atoms with Gasteiger partial charge in [0.25, 0.3) is 11.1 Å². The van der Waals surface area contributed by atoms with Gasteiger partial charge >= 0.3 is 5.97 Å². The van der Waals surface area contributed by atoms with Gasteiger partial charge < -0.3 is 14.2 Å². The van der Waals surface area contributed by atoms with Crippen LogP contribution in [0.5, 0.6) is 11.5 Å². The average molecular weight is 403 g/mol. The molecule has 1 saturated heterocycles. The number of ether oxygens (including phenoxy) is 3. The molecular weight excluding hydrogens is 382 g/mol. The van der Waals surface area contributed by atoms with Crippen LogP contribution in [0.4, 0.5) is 4.79 Å². The zero-order chi connectivity index (χ0) is 20.7. The van der Waals surface area contributed by atoms with Crippen LogP contribution in [-0.4, -0.2) is 47.9 Å². The second-order valence-electron chi connectivity index (χ2n) is 5.61. The van der Waals surface area contributed by atoms with Crippen molar-refractivity contribution in [1.29, 1.82) is 0 Å². The Morgan fingerprint density at radius 1 is 1.25 bits per heavy atom. The highest BCUT2D eigenvalue weighted by atomic mass is 32.2. The normalized spacial score (nSPS) is 16.1. The minimum absolute atomic E-state index is 0.101. The highest BCUT2D eigenvalue weighted by Crippen LogP contribution is 2.35. The second kappa shape index (κ2) is 9.85. The molecule has 0 aliphatic carbocycles. The van der Waals surface area contributed by atoms with Gasteiger partial charge in [-0.15, -0.1) is 6.42 Å². The van der Waals surface area contributed by atoms with E-state index in [4.69, 9.17) is 20.6 Å². The van der Waals surface area contributed by atoms with Gasteiger partial charge in [0, 0.05) is 0 Å².